The van der Waals surface area contributed by atoms with Gasteiger partial charge >= 0.3 is 12.1 Å². The summed E-state index contributed by atoms with van der Waals surface area (Å²) >= 11 is 0. The fourth-order valence-corrected chi connectivity index (χ4v) is 2.01. The van der Waals surface area contributed by atoms with Crippen molar-refractivity contribution in [1.82, 2.24) is 10.6 Å². The van der Waals surface area contributed by atoms with Crippen LogP contribution in [0.4, 0.5) is 21.0 Å². The molecular formula is C17H28N4O4. The van der Waals surface area contributed by atoms with Gasteiger partial charge in [0.05, 0.1) is 0 Å². The van der Waals surface area contributed by atoms with Gasteiger partial charge in [-0.3, -0.25) is 0 Å². The number of ether oxygens (including phenoxy) is 2. The van der Waals surface area contributed by atoms with Crippen molar-refractivity contribution in [2.75, 3.05) is 51.2 Å². The van der Waals surface area contributed by atoms with E-state index in [0.29, 0.717) is 37.7 Å². The van der Waals surface area contributed by atoms with Gasteiger partial charge in [-0.15, -0.1) is 0 Å². The van der Waals surface area contributed by atoms with Crippen LogP contribution in [0.5, 0.6) is 0 Å². The molecule has 0 heterocycles. The van der Waals surface area contributed by atoms with E-state index in [-0.39, 0.29) is 12.1 Å². The zero-order valence-corrected chi connectivity index (χ0v) is 15.1. The van der Waals surface area contributed by atoms with Gasteiger partial charge in [0.15, 0.2) is 0 Å². The Morgan fingerprint density at radius 2 is 1.48 bits per heavy atom. The van der Waals surface area contributed by atoms with E-state index in [0.717, 1.165) is 18.4 Å². The molecule has 0 spiro atoms. The van der Waals surface area contributed by atoms with E-state index in [2.05, 4.69) is 21.3 Å². The van der Waals surface area contributed by atoms with E-state index in [4.69, 9.17) is 9.47 Å². The summed E-state index contributed by atoms with van der Waals surface area (Å²) in [5.41, 5.74) is 2.14. The van der Waals surface area contributed by atoms with Gasteiger partial charge in [0.1, 0.15) is 0 Å². The van der Waals surface area contributed by atoms with E-state index in [9.17, 15) is 9.59 Å². The van der Waals surface area contributed by atoms with Gasteiger partial charge in [0.2, 0.25) is 0 Å². The second-order valence-electron chi connectivity index (χ2n) is 5.48. The molecule has 25 heavy (non-hydrogen) atoms. The van der Waals surface area contributed by atoms with Gasteiger partial charge in [-0.2, -0.15) is 0 Å². The highest BCUT2D eigenvalue weighted by Crippen LogP contribution is 2.20. The smallest absolute Gasteiger partial charge is 0.319 e. The number of carbonyl (C=O) groups is 2. The molecule has 0 bridgehead atoms. The first-order chi connectivity index (χ1) is 12.1. The van der Waals surface area contributed by atoms with Crippen LogP contribution in [-0.4, -0.2) is 52.6 Å². The maximum absolute atomic E-state index is 11.9. The fraction of sp³-hybridized carbons (Fsp3) is 0.529. The highest BCUT2D eigenvalue weighted by Gasteiger charge is 2.07. The number of amides is 4. The number of methoxy groups -OCH3 is 2. The molecule has 0 fully saturated rings. The van der Waals surface area contributed by atoms with Crippen molar-refractivity contribution in [2.45, 2.75) is 19.8 Å². The monoisotopic (exact) mass is 352 g/mol. The Bertz CT molecular complexity index is 551. The third kappa shape index (κ3) is 8.92. The number of rotatable bonds is 10. The Balaban J connectivity index is 2.49. The largest absolute Gasteiger partial charge is 0.385 e. The van der Waals surface area contributed by atoms with Crippen LogP contribution in [-0.2, 0) is 9.47 Å². The van der Waals surface area contributed by atoms with E-state index >= 15 is 0 Å². The minimum Gasteiger partial charge on any atom is -0.385 e. The third-order valence-electron chi connectivity index (χ3n) is 3.37. The summed E-state index contributed by atoms with van der Waals surface area (Å²) < 4.78 is 9.85. The highest BCUT2D eigenvalue weighted by molar-refractivity contribution is 5.93. The first-order valence-electron chi connectivity index (χ1n) is 8.25. The van der Waals surface area contributed by atoms with Crippen LogP contribution < -0.4 is 21.3 Å². The van der Waals surface area contributed by atoms with Gasteiger partial charge in [0, 0.05) is 51.9 Å². The number of nitrogens with one attached hydrogen (secondary N) is 4. The molecule has 0 unspecified atom stereocenters. The van der Waals surface area contributed by atoms with Crippen molar-refractivity contribution >= 4 is 23.4 Å². The molecule has 8 heteroatoms. The molecule has 0 aliphatic rings. The minimum absolute atomic E-state index is 0.291. The van der Waals surface area contributed by atoms with Gasteiger partial charge in [-0.25, -0.2) is 9.59 Å². The quantitative estimate of drug-likeness (QED) is 0.485. The summed E-state index contributed by atoms with van der Waals surface area (Å²) in [5.74, 6) is 0. The minimum atomic E-state index is -0.296. The maximum atomic E-state index is 11.9. The van der Waals surface area contributed by atoms with Gasteiger partial charge in [-0.05, 0) is 37.5 Å². The Kier molecular flexibility index (Phi) is 10.0. The van der Waals surface area contributed by atoms with Gasteiger partial charge in [-0.1, -0.05) is 6.07 Å². The predicted octanol–water partition coefficient (Wildman–Crippen LogP) is 2.31. The predicted molar refractivity (Wildman–Crippen MR) is 98.2 cm³/mol. The molecule has 0 saturated heterocycles. The van der Waals surface area contributed by atoms with Crippen molar-refractivity contribution in [2.24, 2.45) is 0 Å². The summed E-state index contributed by atoms with van der Waals surface area (Å²) in [6, 6.07) is 4.75. The molecule has 0 radical (unpaired) electrons. The molecule has 4 amide bonds. The van der Waals surface area contributed by atoms with Crippen LogP contribution in [0.3, 0.4) is 0 Å². The summed E-state index contributed by atoms with van der Waals surface area (Å²) in [6.45, 7) is 4.13. The molecule has 8 nitrogen and oxygen atoms in total. The lowest BCUT2D eigenvalue weighted by molar-refractivity contribution is 0.194. The van der Waals surface area contributed by atoms with E-state index in [1.165, 1.54) is 0 Å². The van der Waals surface area contributed by atoms with Crippen molar-refractivity contribution < 1.29 is 19.1 Å². The van der Waals surface area contributed by atoms with Crippen molar-refractivity contribution in [3.8, 4) is 0 Å². The highest BCUT2D eigenvalue weighted by atomic mass is 16.5. The molecule has 0 aliphatic heterocycles. The van der Waals surface area contributed by atoms with Crippen molar-refractivity contribution in [3.05, 3.63) is 23.8 Å². The van der Waals surface area contributed by atoms with Crippen LogP contribution >= 0.6 is 0 Å². The number of aryl methyl sites for hydroxylation is 1. The zero-order valence-electron chi connectivity index (χ0n) is 15.1. The molecule has 0 aromatic heterocycles. The van der Waals surface area contributed by atoms with Crippen molar-refractivity contribution in [3.63, 3.8) is 0 Å². The summed E-state index contributed by atoms with van der Waals surface area (Å²) in [7, 11) is 3.24. The van der Waals surface area contributed by atoms with Crippen LogP contribution in [0.15, 0.2) is 18.2 Å². The second kappa shape index (κ2) is 12.1. The molecule has 0 saturated carbocycles. The lowest BCUT2D eigenvalue weighted by Crippen LogP contribution is -2.31. The van der Waals surface area contributed by atoms with Crippen LogP contribution in [0.2, 0.25) is 0 Å². The molecule has 1 rings (SSSR count). The van der Waals surface area contributed by atoms with Gasteiger partial charge in [0.25, 0.3) is 0 Å². The molecule has 1 aromatic rings. The zero-order chi connectivity index (χ0) is 18.5. The Morgan fingerprint density at radius 3 is 2.04 bits per heavy atom. The summed E-state index contributed by atoms with van der Waals surface area (Å²) in [6.07, 6.45) is 1.49. The van der Waals surface area contributed by atoms with Crippen LogP contribution in [0, 0.1) is 6.92 Å². The van der Waals surface area contributed by atoms with Crippen LogP contribution in [0.25, 0.3) is 0 Å². The topological polar surface area (TPSA) is 101 Å². The average molecular weight is 352 g/mol. The van der Waals surface area contributed by atoms with Gasteiger partial charge < -0.3 is 30.7 Å². The Morgan fingerprint density at radius 1 is 0.920 bits per heavy atom. The first-order valence-corrected chi connectivity index (χ1v) is 8.25. The first kappa shape index (κ1) is 20.7. The number of hydrogen-bond acceptors (Lipinski definition) is 4. The lowest BCUT2D eigenvalue weighted by Gasteiger charge is -2.13. The standard InChI is InChI=1S/C17H28N4O4/c1-13-6-7-14(20-16(22)18-8-4-10-24-2)12-15(13)21-17(23)19-9-5-11-25-3/h6-7,12H,4-5,8-11H2,1-3H3,(H2,18,20,22)(H2,19,21,23). The number of hydrogen-bond donors (Lipinski definition) is 4. The molecule has 4 N–H and O–H groups in total. The number of anilines is 2. The van der Waals surface area contributed by atoms with Crippen molar-refractivity contribution in [1.29, 1.82) is 0 Å². The molecular weight excluding hydrogens is 324 g/mol. The Labute approximate surface area is 148 Å². The summed E-state index contributed by atoms with van der Waals surface area (Å²) in [5, 5.41) is 11.0. The maximum Gasteiger partial charge on any atom is 0.319 e. The Hall–Kier alpha value is -2.32. The molecule has 0 aliphatic carbocycles. The number of benzene rings is 1. The number of urea groups is 2. The molecule has 1 aromatic carbocycles. The average Bonchev–Trinajstić information content (AvgIpc) is 2.58. The van der Waals surface area contributed by atoms with Crippen LogP contribution in [0.1, 0.15) is 18.4 Å². The van der Waals surface area contributed by atoms with E-state index in [1.54, 1.807) is 26.4 Å². The van der Waals surface area contributed by atoms with E-state index in [1.807, 2.05) is 13.0 Å². The number of carbonyl (C=O) groups excluding carboxylic acids is 2. The van der Waals surface area contributed by atoms with E-state index < -0.39 is 0 Å². The third-order valence-corrected chi connectivity index (χ3v) is 3.37. The second-order valence-corrected chi connectivity index (χ2v) is 5.48. The SMILES string of the molecule is COCCCNC(=O)Nc1ccc(C)c(NC(=O)NCCCOC)c1. The lowest BCUT2D eigenvalue weighted by atomic mass is 10.2. The normalized spacial score (nSPS) is 10.2. The molecule has 140 valence electrons. The summed E-state index contributed by atoms with van der Waals surface area (Å²) in [4.78, 5) is 23.7. The molecule has 0 atom stereocenters. The fourth-order valence-electron chi connectivity index (χ4n) is 2.01.